The molecule has 2 amide bonds. The molecule has 0 aliphatic heterocycles. The number of amides is 2. The summed E-state index contributed by atoms with van der Waals surface area (Å²) < 4.78 is 0. The van der Waals surface area contributed by atoms with Gasteiger partial charge in [-0.1, -0.05) is 69.5 Å². The minimum absolute atomic E-state index is 0.0177. The number of nitrogens with one attached hydrogen (secondary N) is 2. The molecule has 0 spiro atoms. The molecule has 1 aliphatic rings. The Labute approximate surface area is 197 Å². The first-order valence-corrected chi connectivity index (χ1v) is 12.2. The average molecular weight is 451 g/mol. The maximum atomic E-state index is 13.3. The third-order valence-electron chi connectivity index (χ3n) is 6.78. The molecule has 1 saturated carbocycles. The van der Waals surface area contributed by atoms with Gasteiger partial charge in [-0.2, -0.15) is 0 Å². The zero-order valence-electron chi connectivity index (χ0n) is 19.9. The first kappa shape index (κ1) is 24.9. The number of carbonyl (C=O) groups excluding carboxylic acids is 2. The van der Waals surface area contributed by atoms with Crippen molar-refractivity contribution in [3.05, 3.63) is 66.0 Å². The van der Waals surface area contributed by atoms with Gasteiger partial charge in [0.2, 0.25) is 11.8 Å². The van der Waals surface area contributed by atoms with Crippen molar-refractivity contribution in [1.29, 1.82) is 0 Å². The van der Waals surface area contributed by atoms with Crippen molar-refractivity contribution in [1.82, 2.24) is 15.6 Å². The van der Waals surface area contributed by atoms with E-state index in [4.69, 9.17) is 5.73 Å². The molecule has 3 rings (SSSR count). The van der Waals surface area contributed by atoms with Crippen molar-refractivity contribution in [3.8, 4) is 0 Å². The summed E-state index contributed by atoms with van der Waals surface area (Å²) >= 11 is 0. The maximum absolute atomic E-state index is 13.3. The first-order valence-electron chi connectivity index (χ1n) is 12.2. The molecule has 1 aromatic carbocycles. The number of benzene rings is 1. The summed E-state index contributed by atoms with van der Waals surface area (Å²) in [5.41, 5.74) is 7.80. The number of hydrogen-bond acceptors (Lipinski definition) is 4. The Morgan fingerprint density at radius 2 is 1.73 bits per heavy atom. The fourth-order valence-electron chi connectivity index (χ4n) is 4.66. The third-order valence-corrected chi connectivity index (χ3v) is 6.78. The van der Waals surface area contributed by atoms with E-state index in [2.05, 4.69) is 15.6 Å². The van der Waals surface area contributed by atoms with E-state index in [-0.39, 0.29) is 29.2 Å². The van der Waals surface area contributed by atoms with Crippen LogP contribution >= 0.6 is 0 Å². The van der Waals surface area contributed by atoms with Crippen LogP contribution in [0.25, 0.3) is 0 Å². The van der Waals surface area contributed by atoms with E-state index in [1.54, 1.807) is 6.20 Å². The summed E-state index contributed by atoms with van der Waals surface area (Å²) in [7, 11) is 0. The lowest BCUT2D eigenvalue weighted by Gasteiger charge is -2.37. The highest BCUT2D eigenvalue weighted by Crippen LogP contribution is 2.39. The summed E-state index contributed by atoms with van der Waals surface area (Å²) in [5, 5.41) is 6.32. The summed E-state index contributed by atoms with van der Waals surface area (Å²) in [6, 6.07) is 15.2. The van der Waals surface area contributed by atoms with Gasteiger partial charge in [-0.25, -0.2) is 0 Å². The van der Waals surface area contributed by atoms with Crippen molar-refractivity contribution in [2.45, 2.75) is 70.9 Å². The van der Waals surface area contributed by atoms with Gasteiger partial charge in [0, 0.05) is 31.3 Å². The fourth-order valence-corrected chi connectivity index (χ4v) is 4.66. The van der Waals surface area contributed by atoms with E-state index in [0.717, 1.165) is 36.9 Å². The molecule has 6 nitrogen and oxygen atoms in total. The van der Waals surface area contributed by atoms with Crippen molar-refractivity contribution in [2.24, 2.45) is 17.1 Å². The van der Waals surface area contributed by atoms with Crippen LogP contribution in [0.3, 0.4) is 0 Å². The van der Waals surface area contributed by atoms with Crippen LogP contribution in [0.2, 0.25) is 0 Å². The van der Waals surface area contributed by atoms with Crippen LogP contribution in [0.15, 0.2) is 54.7 Å². The molecule has 1 heterocycles. The number of rotatable bonds is 10. The molecule has 4 N–H and O–H groups in total. The van der Waals surface area contributed by atoms with Crippen LogP contribution in [-0.2, 0) is 16.0 Å². The number of carbonyl (C=O) groups is 2. The molecule has 1 aromatic heterocycles. The lowest BCUT2D eigenvalue weighted by molar-refractivity contribution is -0.127. The topological polar surface area (TPSA) is 97.1 Å². The standard InChI is InChI=1S/C27H38N4O2/c1-20(2)25(28)26(33)30-19-27(14-8-4-9-15-27)18-24(32)31-23(21-11-5-3-6-12-21)17-22-13-7-10-16-29-22/h3,5-7,10-13,16,20,23,25H,4,8-9,14-15,17-19,28H2,1-2H3,(H,30,33)(H,31,32). The Morgan fingerprint density at radius 3 is 2.36 bits per heavy atom. The molecule has 2 atom stereocenters. The number of hydrogen-bond donors (Lipinski definition) is 3. The molecule has 0 radical (unpaired) electrons. The fraction of sp³-hybridized carbons (Fsp3) is 0.519. The van der Waals surface area contributed by atoms with Gasteiger partial charge in [-0.15, -0.1) is 0 Å². The number of pyridine rings is 1. The molecular weight excluding hydrogens is 412 g/mol. The summed E-state index contributed by atoms with van der Waals surface area (Å²) in [4.78, 5) is 30.2. The highest BCUT2D eigenvalue weighted by atomic mass is 16.2. The predicted octanol–water partition coefficient (Wildman–Crippen LogP) is 3.92. The lowest BCUT2D eigenvalue weighted by atomic mass is 9.71. The molecule has 1 aliphatic carbocycles. The third kappa shape index (κ3) is 7.39. The van der Waals surface area contributed by atoms with Crippen molar-refractivity contribution in [3.63, 3.8) is 0 Å². The molecule has 0 bridgehead atoms. The van der Waals surface area contributed by atoms with Crippen molar-refractivity contribution < 1.29 is 9.59 Å². The molecule has 33 heavy (non-hydrogen) atoms. The summed E-state index contributed by atoms with van der Waals surface area (Å²) in [5.74, 6) is -0.0365. The Kier molecular flexibility index (Phi) is 9.01. The van der Waals surface area contributed by atoms with Gasteiger partial charge in [0.05, 0.1) is 12.1 Å². The van der Waals surface area contributed by atoms with Crippen LogP contribution in [0.5, 0.6) is 0 Å². The zero-order chi connectivity index (χ0) is 23.7. The molecule has 2 aromatic rings. The van der Waals surface area contributed by atoms with Crippen LogP contribution < -0.4 is 16.4 Å². The van der Waals surface area contributed by atoms with E-state index in [1.165, 1.54) is 6.42 Å². The smallest absolute Gasteiger partial charge is 0.237 e. The number of nitrogens with zero attached hydrogens (tertiary/aromatic N) is 1. The van der Waals surface area contributed by atoms with Gasteiger partial charge < -0.3 is 16.4 Å². The van der Waals surface area contributed by atoms with E-state index in [0.29, 0.717) is 19.4 Å². The minimum atomic E-state index is -0.527. The van der Waals surface area contributed by atoms with E-state index < -0.39 is 6.04 Å². The SMILES string of the molecule is CC(C)C(N)C(=O)NCC1(CC(=O)NC(Cc2ccccn2)c2ccccc2)CCCCC1. The number of nitrogens with two attached hydrogens (primary N) is 1. The van der Waals surface area contributed by atoms with Gasteiger partial charge in [0.1, 0.15) is 0 Å². The predicted molar refractivity (Wildman–Crippen MR) is 131 cm³/mol. The Balaban J connectivity index is 1.69. The second-order valence-corrected chi connectivity index (χ2v) is 9.78. The monoisotopic (exact) mass is 450 g/mol. The second-order valence-electron chi connectivity index (χ2n) is 9.78. The van der Waals surface area contributed by atoms with E-state index in [9.17, 15) is 9.59 Å². The van der Waals surface area contributed by atoms with Gasteiger partial charge in [0.25, 0.3) is 0 Å². The average Bonchev–Trinajstić information content (AvgIpc) is 2.83. The van der Waals surface area contributed by atoms with Crippen molar-refractivity contribution in [2.75, 3.05) is 6.54 Å². The summed E-state index contributed by atoms with van der Waals surface area (Å²) in [6.45, 7) is 4.38. The Hall–Kier alpha value is -2.73. The first-order chi connectivity index (χ1) is 15.9. The molecule has 178 valence electrons. The minimum Gasteiger partial charge on any atom is -0.354 e. The number of aromatic nitrogens is 1. The maximum Gasteiger partial charge on any atom is 0.237 e. The van der Waals surface area contributed by atoms with Crippen molar-refractivity contribution >= 4 is 11.8 Å². The molecule has 6 heteroatoms. The highest BCUT2D eigenvalue weighted by Gasteiger charge is 2.36. The molecule has 0 saturated heterocycles. The van der Waals surface area contributed by atoms with Gasteiger partial charge in [-0.05, 0) is 41.9 Å². The van der Waals surface area contributed by atoms with Gasteiger partial charge >= 0.3 is 0 Å². The largest absolute Gasteiger partial charge is 0.354 e. The normalized spacial score (nSPS) is 17.2. The van der Waals surface area contributed by atoms with Gasteiger partial charge in [0.15, 0.2) is 0 Å². The quantitative estimate of drug-likeness (QED) is 0.511. The van der Waals surface area contributed by atoms with Crippen LogP contribution in [0.4, 0.5) is 0 Å². The lowest BCUT2D eigenvalue weighted by Crippen LogP contribution is -2.49. The Morgan fingerprint density at radius 1 is 1.03 bits per heavy atom. The zero-order valence-corrected chi connectivity index (χ0v) is 19.9. The van der Waals surface area contributed by atoms with Gasteiger partial charge in [-0.3, -0.25) is 14.6 Å². The molecule has 1 fully saturated rings. The molecule has 2 unspecified atom stereocenters. The van der Waals surface area contributed by atoms with E-state index in [1.807, 2.05) is 62.4 Å². The molecular formula is C27H38N4O2. The van der Waals surface area contributed by atoms with Crippen LogP contribution in [-0.4, -0.2) is 29.4 Å². The Bertz CT molecular complexity index is 880. The second kappa shape index (κ2) is 11.9. The summed E-state index contributed by atoms with van der Waals surface area (Å²) in [6.07, 6.45) is 8.02. The van der Waals surface area contributed by atoms with Crippen LogP contribution in [0, 0.1) is 11.3 Å². The highest BCUT2D eigenvalue weighted by molar-refractivity contribution is 5.82. The van der Waals surface area contributed by atoms with Crippen LogP contribution in [0.1, 0.15) is 69.7 Å². The van der Waals surface area contributed by atoms with E-state index >= 15 is 0 Å².